The van der Waals surface area contributed by atoms with E-state index in [1.165, 1.54) is 5.56 Å². The van der Waals surface area contributed by atoms with Crippen LogP contribution in [0.25, 0.3) is 11.3 Å². The average molecular weight is 390 g/mol. The van der Waals surface area contributed by atoms with Crippen LogP contribution < -0.4 is 16.2 Å². The summed E-state index contributed by atoms with van der Waals surface area (Å²) in [5.41, 5.74) is 13.0. The molecule has 1 saturated heterocycles. The summed E-state index contributed by atoms with van der Waals surface area (Å²) >= 11 is 0. The molecular formula is C23H26N4O2. The lowest BCUT2D eigenvalue weighted by Gasteiger charge is -2.19. The van der Waals surface area contributed by atoms with Crippen molar-refractivity contribution in [3.63, 3.8) is 0 Å². The number of aryl methyl sites for hydroxylation is 3. The van der Waals surface area contributed by atoms with Crippen molar-refractivity contribution in [2.24, 2.45) is 0 Å². The first-order chi connectivity index (χ1) is 13.9. The van der Waals surface area contributed by atoms with Gasteiger partial charge in [-0.25, -0.2) is 5.43 Å². The number of anilines is 1. The minimum atomic E-state index is -0.278. The highest BCUT2D eigenvalue weighted by molar-refractivity contribution is 6.04. The van der Waals surface area contributed by atoms with Crippen LogP contribution in [0, 0.1) is 20.8 Å². The van der Waals surface area contributed by atoms with Crippen molar-refractivity contribution in [2.75, 3.05) is 5.32 Å². The van der Waals surface area contributed by atoms with Gasteiger partial charge in [-0.15, -0.1) is 0 Å². The molecule has 4 rings (SSSR count). The lowest BCUT2D eigenvalue weighted by atomic mass is 9.95. The van der Waals surface area contributed by atoms with Crippen LogP contribution in [0.4, 0.5) is 5.69 Å². The molecule has 0 radical (unpaired) electrons. The van der Waals surface area contributed by atoms with E-state index in [9.17, 15) is 4.79 Å². The van der Waals surface area contributed by atoms with E-state index in [1.807, 2.05) is 38.1 Å². The Morgan fingerprint density at radius 2 is 1.83 bits per heavy atom. The molecule has 1 fully saturated rings. The highest BCUT2D eigenvalue weighted by Gasteiger charge is 2.26. The molecule has 150 valence electrons. The summed E-state index contributed by atoms with van der Waals surface area (Å²) < 4.78 is 5.41. The summed E-state index contributed by atoms with van der Waals surface area (Å²) in [4.78, 5) is 12.9. The average Bonchev–Trinajstić information content (AvgIpc) is 3.33. The van der Waals surface area contributed by atoms with Crippen LogP contribution in [-0.4, -0.2) is 17.1 Å². The zero-order chi connectivity index (χ0) is 20.5. The van der Waals surface area contributed by atoms with Gasteiger partial charge in [0.25, 0.3) is 5.91 Å². The van der Waals surface area contributed by atoms with Crippen molar-refractivity contribution < 1.29 is 9.32 Å². The van der Waals surface area contributed by atoms with Crippen molar-refractivity contribution in [1.29, 1.82) is 0 Å². The summed E-state index contributed by atoms with van der Waals surface area (Å²) in [6, 6.07) is 14.3. The number of carbonyl (C=O) groups is 1. The van der Waals surface area contributed by atoms with Crippen molar-refractivity contribution in [2.45, 2.75) is 46.2 Å². The molecule has 0 aliphatic carbocycles. The molecule has 6 nitrogen and oxygen atoms in total. The van der Waals surface area contributed by atoms with Crippen LogP contribution in [0.2, 0.25) is 0 Å². The number of hydrazine groups is 1. The summed E-state index contributed by atoms with van der Waals surface area (Å²) in [6.45, 7) is 8.24. The van der Waals surface area contributed by atoms with Crippen molar-refractivity contribution in [3.05, 3.63) is 70.4 Å². The molecule has 1 aliphatic heterocycles. The molecule has 2 aromatic carbocycles. The number of nitrogens with zero attached hydrogens (tertiary/aromatic N) is 1. The van der Waals surface area contributed by atoms with E-state index < -0.39 is 0 Å². The zero-order valence-corrected chi connectivity index (χ0v) is 17.2. The standard InChI is InChI=1S/C23H26N4O2/c1-13-5-7-17(8-6-13)21-12-20(27-29-21)23(28)24-22-15(3)9-14(2)10-18(22)19-11-16(4)25-26-19/h5-10,12,16,19,25-26H,11H2,1-4H3,(H,24,28). The van der Waals surface area contributed by atoms with E-state index in [-0.39, 0.29) is 17.6 Å². The second kappa shape index (κ2) is 7.81. The van der Waals surface area contributed by atoms with Gasteiger partial charge in [0.2, 0.25) is 0 Å². The second-order valence-electron chi connectivity index (χ2n) is 7.92. The molecule has 1 aliphatic rings. The predicted molar refractivity (Wildman–Crippen MR) is 114 cm³/mol. The fourth-order valence-corrected chi connectivity index (χ4v) is 3.78. The molecule has 2 unspecified atom stereocenters. The molecule has 3 aromatic rings. The Kier molecular flexibility index (Phi) is 5.22. The third-order valence-electron chi connectivity index (χ3n) is 5.30. The van der Waals surface area contributed by atoms with Crippen LogP contribution in [0.5, 0.6) is 0 Å². The zero-order valence-electron chi connectivity index (χ0n) is 17.2. The van der Waals surface area contributed by atoms with E-state index in [0.717, 1.165) is 34.4 Å². The van der Waals surface area contributed by atoms with Crippen LogP contribution in [0.15, 0.2) is 47.0 Å². The summed E-state index contributed by atoms with van der Waals surface area (Å²) in [7, 11) is 0. The van der Waals surface area contributed by atoms with Gasteiger partial charge in [0.1, 0.15) is 0 Å². The van der Waals surface area contributed by atoms with Gasteiger partial charge in [0, 0.05) is 29.4 Å². The van der Waals surface area contributed by atoms with Crippen LogP contribution in [0.1, 0.15) is 52.1 Å². The first kappa shape index (κ1) is 19.4. The van der Waals surface area contributed by atoms with E-state index in [2.05, 4.69) is 47.3 Å². The quantitative estimate of drug-likeness (QED) is 0.613. The highest BCUT2D eigenvalue weighted by atomic mass is 16.5. The topological polar surface area (TPSA) is 79.2 Å². The molecule has 29 heavy (non-hydrogen) atoms. The molecule has 0 saturated carbocycles. The van der Waals surface area contributed by atoms with Gasteiger partial charge >= 0.3 is 0 Å². The van der Waals surface area contributed by atoms with Crippen LogP contribution >= 0.6 is 0 Å². The Bertz CT molecular complexity index is 1040. The minimum Gasteiger partial charge on any atom is -0.355 e. The highest BCUT2D eigenvalue weighted by Crippen LogP contribution is 2.33. The third kappa shape index (κ3) is 4.09. The fourth-order valence-electron chi connectivity index (χ4n) is 3.78. The van der Waals surface area contributed by atoms with E-state index in [0.29, 0.717) is 11.8 Å². The lowest BCUT2D eigenvalue weighted by molar-refractivity contribution is 0.101. The summed E-state index contributed by atoms with van der Waals surface area (Å²) in [5.74, 6) is 0.297. The van der Waals surface area contributed by atoms with Gasteiger partial charge in [-0.05, 0) is 45.2 Å². The van der Waals surface area contributed by atoms with Gasteiger partial charge in [0.15, 0.2) is 11.5 Å². The number of hydrogen-bond donors (Lipinski definition) is 3. The van der Waals surface area contributed by atoms with E-state index >= 15 is 0 Å². The third-order valence-corrected chi connectivity index (χ3v) is 5.30. The Morgan fingerprint density at radius 3 is 2.52 bits per heavy atom. The maximum absolute atomic E-state index is 12.9. The molecule has 0 bridgehead atoms. The van der Waals surface area contributed by atoms with E-state index in [4.69, 9.17) is 4.52 Å². The molecule has 1 aromatic heterocycles. The Labute approximate surface area is 170 Å². The van der Waals surface area contributed by atoms with Crippen molar-refractivity contribution >= 4 is 11.6 Å². The number of rotatable bonds is 4. The van der Waals surface area contributed by atoms with Crippen LogP contribution in [0.3, 0.4) is 0 Å². The maximum atomic E-state index is 12.9. The SMILES string of the molecule is Cc1ccc(-c2cc(C(=O)Nc3c(C)cc(C)cc3C3CC(C)NN3)no2)cc1. The maximum Gasteiger partial charge on any atom is 0.277 e. The number of nitrogens with one attached hydrogen (secondary N) is 3. The molecular weight excluding hydrogens is 364 g/mol. The predicted octanol–water partition coefficient (Wildman–Crippen LogP) is 4.45. The first-order valence-corrected chi connectivity index (χ1v) is 9.88. The first-order valence-electron chi connectivity index (χ1n) is 9.88. The Morgan fingerprint density at radius 1 is 1.07 bits per heavy atom. The fraction of sp³-hybridized carbons (Fsp3) is 0.304. The second-order valence-corrected chi connectivity index (χ2v) is 7.92. The largest absolute Gasteiger partial charge is 0.355 e. The summed E-state index contributed by atoms with van der Waals surface area (Å²) in [6.07, 6.45) is 0.952. The van der Waals surface area contributed by atoms with Crippen LogP contribution in [-0.2, 0) is 0 Å². The van der Waals surface area contributed by atoms with Crippen molar-refractivity contribution in [3.8, 4) is 11.3 Å². The van der Waals surface area contributed by atoms with Gasteiger partial charge in [-0.1, -0.05) is 52.7 Å². The molecule has 6 heteroatoms. The molecule has 3 N–H and O–H groups in total. The number of amides is 1. The number of aromatic nitrogens is 1. The van der Waals surface area contributed by atoms with Crippen molar-refractivity contribution in [1.82, 2.24) is 16.0 Å². The van der Waals surface area contributed by atoms with E-state index in [1.54, 1.807) is 6.07 Å². The minimum absolute atomic E-state index is 0.138. The van der Waals surface area contributed by atoms with Gasteiger partial charge in [-0.3, -0.25) is 10.2 Å². The number of hydrogen-bond acceptors (Lipinski definition) is 5. The monoisotopic (exact) mass is 390 g/mol. The Balaban J connectivity index is 1.59. The molecule has 2 atom stereocenters. The van der Waals surface area contributed by atoms with Gasteiger partial charge < -0.3 is 9.84 Å². The normalized spacial score (nSPS) is 18.8. The number of carbonyl (C=O) groups excluding carboxylic acids is 1. The molecule has 1 amide bonds. The lowest BCUT2D eigenvalue weighted by Crippen LogP contribution is -2.29. The molecule has 2 heterocycles. The smallest absolute Gasteiger partial charge is 0.277 e. The Hall–Kier alpha value is -2.96. The number of benzene rings is 2. The van der Waals surface area contributed by atoms with Gasteiger partial charge in [0.05, 0.1) is 0 Å². The molecule has 0 spiro atoms. The summed E-state index contributed by atoms with van der Waals surface area (Å²) in [5, 5.41) is 7.04. The van der Waals surface area contributed by atoms with Gasteiger partial charge in [-0.2, -0.15) is 0 Å².